The van der Waals surface area contributed by atoms with Crippen molar-refractivity contribution in [1.29, 1.82) is 0 Å². The van der Waals surface area contributed by atoms with Crippen LogP contribution in [-0.4, -0.2) is 11.3 Å². The van der Waals surface area contributed by atoms with E-state index in [1.165, 1.54) is 18.2 Å². The van der Waals surface area contributed by atoms with Crippen LogP contribution in [-0.2, 0) is 0 Å². The fraction of sp³-hybridized carbons (Fsp3) is 0.300. The second-order valence-electron chi connectivity index (χ2n) is 2.82. The molecule has 1 rings (SSSR count). The Morgan fingerprint density at radius 1 is 1.33 bits per heavy atom. The summed E-state index contributed by atoms with van der Waals surface area (Å²) in [5.41, 5.74) is -4.22. The molecule has 0 heterocycles. The van der Waals surface area contributed by atoms with Crippen LogP contribution in [0.4, 0.5) is 13.2 Å². The Kier molecular flexibility index (Phi) is 3.79. The summed E-state index contributed by atoms with van der Waals surface area (Å²) in [6.45, 7) is 1.62. The zero-order valence-corrected chi connectivity index (χ0v) is 8.78. The molecule has 0 aliphatic heterocycles. The molecule has 0 amide bonds. The number of carbonyl (C=O) groups is 1. The number of thioether (sulfide) groups is 1. The molecule has 0 fully saturated rings. The maximum atomic E-state index is 12.1. The normalized spacial score (nSPS) is 11.5. The second-order valence-corrected chi connectivity index (χ2v) is 3.93. The maximum absolute atomic E-state index is 12.1. The van der Waals surface area contributed by atoms with Crippen molar-refractivity contribution in [3.63, 3.8) is 0 Å². The molecule has 0 spiro atoms. The first-order valence-corrected chi connectivity index (χ1v) is 5.13. The minimum atomic E-state index is -4.36. The van der Waals surface area contributed by atoms with Gasteiger partial charge in [0, 0.05) is 16.9 Å². The smallest absolute Gasteiger partial charge is 0.294 e. The molecule has 0 saturated carbocycles. The minimum Gasteiger partial charge on any atom is -0.294 e. The molecule has 5 heteroatoms. The predicted octanol–water partition coefficient (Wildman–Crippen LogP) is 3.89. The molecule has 0 aliphatic carbocycles. The number of carbonyl (C=O) groups excluding carboxylic acids is 1. The van der Waals surface area contributed by atoms with Crippen LogP contribution in [0.3, 0.4) is 0 Å². The fourth-order valence-corrected chi connectivity index (χ4v) is 1.79. The van der Waals surface area contributed by atoms with Crippen molar-refractivity contribution in [2.45, 2.75) is 23.7 Å². The van der Waals surface area contributed by atoms with Crippen molar-refractivity contribution in [2.24, 2.45) is 0 Å². The highest BCUT2D eigenvalue weighted by atomic mass is 32.2. The first-order chi connectivity index (χ1) is 6.94. The largest absolute Gasteiger partial charge is 0.446 e. The topological polar surface area (TPSA) is 17.1 Å². The van der Waals surface area contributed by atoms with Crippen molar-refractivity contribution >= 4 is 17.5 Å². The number of benzene rings is 1. The molecule has 0 atom stereocenters. The second kappa shape index (κ2) is 4.70. The highest BCUT2D eigenvalue weighted by molar-refractivity contribution is 8.00. The molecule has 82 valence electrons. The number of Topliss-reactive ketones (excluding diaryl/α,β-unsaturated/α-hetero) is 1. The highest BCUT2D eigenvalue weighted by Gasteiger charge is 2.30. The average molecular weight is 234 g/mol. The van der Waals surface area contributed by atoms with E-state index in [1.54, 1.807) is 13.0 Å². The van der Waals surface area contributed by atoms with Crippen LogP contribution < -0.4 is 0 Å². The van der Waals surface area contributed by atoms with Crippen molar-refractivity contribution in [3.8, 4) is 0 Å². The van der Waals surface area contributed by atoms with Crippen molar-refractivity contribution < 1.29 is 18.0 Å². The minimum absolute atomic E-state index is 0.0307. The van der Waals surface area contributed by atoms with E-state index in [2.05, 4.69) is 0 Å². The van der Waals surface area contributed by atoms with Gasteiger partial charge in [0.1, 0.15) is 0 Å². The molecule has 1 aromatic carbocycles. The van der Waals surface area contributed by atoms with Crippen LogP contribution in [0.15, 0.2) is 29.2 Å². The molecule has 0 bridgehead atoms. The lowest BCUT2D eigenvalue weighted by atomic mass is 10.1. The maximum Gasteiger partial charge on any atom is 0.446 e. The molecule has 0 aliphatic rings. The van der Waals surface area contributed by atoms with Crippen LogP contribution >= 0.6 is 11.8 Å². The van der Waals surface area contributed by atoms with Gasteiger partial charge in [0.25, 0.3) is 0 Å². The molecule has 1 nitrogen and oxygen atoms in total. The van der Waals surface area contributed by atoms with E-state index in [0.717, 1.165) is 0 Å². The SMILES string of the molecule is CCC(=O)c1ccccc1SC(F)(F)F. The Balaban J connectivity index is 3.02. The van der Waals surface area contributed by atoms with Gasteiger partial charge in [-0.2, -0.15) is 13.2 Å². The third kappa shape index (κ3) is 3.58. The number of ketones is 1. The summed E-state index contributed by atoms with van der Waals surface area (Å²) in [4.78, 5) is 11.3. The molecule has 0 radical (unpaired) electrons. The molecule has 0 aromatic heterocycles. The van der Waals surface area contributed by atoms with Crippen molar-refractivity contribution in [3.05, 3.63) is 29.8 Å². The first kappa shape index (κ1) is 12.1. The summed E-state index contributed by atoms with van der Waals surface area (Å²) in [6, 6.07) is 5.77. The van der Waals surface area contributed by atoms with E-state index in [1.807, 2.05) is 0 Å². The van der Waals surface area contributed by atoms with E-state index in [-0.39, 0.29) is 34.4 Å². The quantitative estimate of drug-likeness (QED) is 0.583. The van der Waals surface area contributed by atoms with Crippen LogP contribution in [0.1, 0.15) is 23.7 Å². The van der Waals surface area contributed by atoms with Gasteiger partial charge in [-0.25, -0.2) is 0 Å². The van der Waals surface area contributed by atoms with E-state index < -0.39 is 5.51 Å². The highest BCUT2D eigenvalue weighted by Crippen LogP contribution is 2.38. The van der Waals surface area contributed by atoms with Crippen LogP contribution in [0.5, 0.6) is 0 Å². The zero-order valence-electron chi connectivity index (χ0n) is 7.97. The lowest BCUT2D eigenvalue weighted by Gasteiger charge is -2.09. The summed E-state index contributed by atoms with van der Waals surface area (Å²) in [6.07, 6.45) is 0.204. The van der Waals surface area contributed by atoms with Gasteiger partial charge in [0.05, 0.1) is 0 Å². The predicted molar refractivity (Wildman–Crippen MR) is 53.0 cm³/mol. The molecule has 0 N–H and O–H groups in total. The summed E-state index contributed by atoms with van der Waals surface area (Å²) in [5.74, 6) is -0.276. The summed E-state index contributed by atoms with van der Waals surface area (Å²) in [7, 11) is 0. The third-order valence-corrected chi connectivity index (χ3v) is 2.54. The van der Waals surface area contributed by atoms with Gasteiger partial charge >= 0.3 is 5.51 Å². The number of halogens is 3. The third-order valence-electron chi connectivity index (χ3n) is 1.73. The van der Waals surface area contributed by atoms with Crippen LogP contribution in [0, 0.1) is 0 Å². The molecular formula is C10H9F3OS. The molecule has 15 heavy (non-hydrogen) atoms. The number of hydrogen-bond acceptors (Lipinski definition) is 2. The van der Waals surface area contributed by atoms with Gasteiger partial charge in [0.2, 0.25) is 0 Å². The molecule has 0 unspecified atom stereocenters. The zero-order chi connectivity index (χ0) is 11.5. The number of rotatable bonds is 3. The summed E-state index contributed by atoms with van der Waals surface area (Å²) < 4.78 is 36.4. The van der Waals surface area contributed by atoms with E-state index in [9.17, 15) is 18.0 Å². The molecule has 0 saturated heterocycles. The average Bonchev–Trinajstić information content (AvgIpc) is 2.15. The summed E-state index contributed by atoms with van der Waals surface area (Å²) in [5, 5.41) is 0. The Hall–Kier alpha value is -0.970. The Bertz CT molecular complexity index is 360. The van der Waals surface area contributed by atoms with Gasteiger partial charge in [-0.1, -0.05) is 25.1 Å². The van der Waals surface area contributed by atoms with Gasteiger partial charge in [-0.15, -0.1) is 0 Å². The van der Waals surface area contributed by atoms with Crippen molar-refractivity contribution in [2.75, 3.05) is 0 Å². The lowest BCUT2D eigenvalue weighted by molar-refractivity contribution is -0.0328. The van der Waals surface area contributed by atoms with Gasteiger partial charge < -0.3 is 0 Å². The standard InChI is InChI=1S/C10H9F3OS/c1-2-8(14)7-5-3-4-6-9(7)15-10(11,12)13/h3-6H,2H2,1H3. The Morgan fingerprint density at radius 2 is 1.93 bits per heavy atom. The molecule has 1 aromatic rings. The monoisotopic (exact) mass is 234 g/mol. The van der Waals surface area contributed by atoms with Gasteiger partial charge in [-0.05, 0) is 17.8 Å². The van der Waals surface area contributed by atoms with Crippen LogP contribution in [0.2, 0.25) is 0 Å². The lowest BCUT2D eigenvalue weighted by Crippen LogP contribution is -2.04. The van der Waals surface area contributed by atoms with Crippen LogP contribution in [0.25, 0.3) is 0 Å². The van der Waals surface area contributed by atoms with Gasteiger partial charge in [0.15, 0.2) is 5.78 Å². The number of hydrogen-bond donors (Lipinski definition) is 0. The molecular weight excluding hydrogens is 225 g/mol. The van der Waals surface area contributed by atoms with E-state index in [0.29, 0.717) is 0 Å². The Labute approximate surface area is 89.7 Å². The van der Waals surface area contributed by atoms with E-state index in [4.69, 9.17) is 0 Å². The Morgan fingerprint density at radius 3 is 2.47 bits per heavy atom. The fourth-order valence-electron chi connectivity index (χ4n) is 1.10. The summed E-state index contributed by atoms with van der Waals surface area (Å²) >= 11 is -0.250. The van der Waals surface area contributed by atoms with Crippen molar-refractivity contribution in [1.82, 2.24) is 0 Å². The number of alkyl halides is 3. The van der Waals surface area contributed by atoms with Gasteiger partial charge in [-0.3, -0.25) is 4.79 Å². The van der Waals surface area contributed by atoms with E-state index >= 15 is 0 Å². The first-order valence-electron chi connectivity index (χ1n) is 4.32.